The van der Waals surface area contributed by atoms with Gasteiger partial charge in [-0.2, -0.15) is 0 Å². The minimum Gasteiger partial charge on any atom is -0.381 e. The number of likely N-dealkylation sites (tertiary alicyclic amines) is 1. The van der Waals surface area contributed by atoms with Crippen LogP contribution in [-0.2, 0) is 4.74 Å². The van der Waals surface area contributed by atoms with E-state index in [0.717, 1.165) is 25.8 Å². The highest BCUT2D eigenvalue weighted by Gasteiger charge is 2.37. The standard InChI is InChI=1S/C14H29N3O/c1-15-10-14(6-8-18-12-14)11-17-7-4-5-13(9-17)16(2)3/h13,15H,4-12H2,1-3H3. The first-order valence-corrected chi connectivity index (χ1v) is 7.26. The van der Waals surface area contributed by atoms with Crippen molar-refractivity contribution in [1.29, 1.82) is 0 Å². The highest BCUT2D eigenvalue weighted by molar-refractivity contribution is 4.90. The van der Waals surface area contributed by atoms with Crippen LogP contribution in [0, 0.1) is 5.41 Å². The second kappa shape index (κ2) is 6.33. The van der Waals surface area contributed by atoms with Crippen molar-refractivity contribution in [1.82, 2.24) is 15.1 Å². The number of ether oxygens (including phenoxy) is 1. The highest BCUT2D eigenvalue weighted by atomic mass is 16.5. The first kappa shape index (κ1) is 14.3. The zero-order chi connectivity index (χ0) is 13.0. The molecular formula is C14H29N3O. The van der Waals surface area contributed by atoms with Gasteiger partial charge in [0.05, 0.1) is 6.61 Å². The van der Waals surface area contributed by atoms with Crippen LogP contribution in [0.25, 0.3) is 0 Å². The van der Waals surface area contributed by atoms with Crippen LogP contribution in [0.5, 0.6) is 0 Å². The lowest BCUT2D eigenvalue weighted by molar-refractivity contribution is 0.0717. The van der Waals surface area contributed by atoms with E-state index in [2.05, 4.69) is 36.3 Å². The molecule has 2 unspecified atom stereocenters. The molecule has 2 fully saturated rings. The number of hydrogen-bond donors (Lipinski definition) is 1. The molecule has 2 heterocycles. The van der Waals surface area contributed by atoms with Gasteiger partial charge >= 0.3 is 0 Å². The van der Waals surface area contributed by atoms with E-state index in [-0.39, 0.29) is 0 Å². The Balaban J connectivity index is 1.90. The van der Waals surface area contributed by atoms with Gasteiger partial charge in [-0.25, -0.2) is 0 Å². The molecule has 0 aromatic carbocycles. The van der Waals surface area contributed by atoms with Crippen molar-refractivity contribution < 1.29 is 4.74 Å². The van der Waals surface area contributed by atoms with E-state index < -0.39 is 0 Å². The van der Waals surface area contributed by atoms with Gasteiger partial charge in [0, 0.05) is 37.7 Å². The van der Waals surface area contributed by atoms with Crippen LogP contribution in [0.1, 0.15) is 19.3 Å². The monoisotopic (exact) mass is 255 g/mol. The molecule has 2 rings (SSSR count). The Bertz CT molecular complexity index is 251. The molecule has 2 saturated heterocycles. The van der Waals surface area contributed by atoms with Crippen LogP contribution in [-0.4, -0.2) is 76.4 Å². The van der Waals surface area contributed by atoms with Crippen molar-refractivity contribution >= 4 is 0 Å². The first-order chi connectivity index (χ1) is 8.65. The van der Waals surface area contributed by atoms with Crippen molar-refractivity contribution in [2.45, 2.75) is 25.3 Å². The molecule has 0 amide bonds. The summed E-state index contributed by atoms with van der Waals surface area (Å²) in [5.41, 5.74) is 0.350. The average molecular weight is 255 g/mol. The van der Waals surface area contributed by atoms with Crippen LogP contribution >= 0.6 is 0 Å². The predicted octanol–water partition coefficient (Wildman–Crippen LogP) is 0.639. The van der Waals surface area contributed by atoms with Gasteiger partial charge in [0.25, 0.3) is 0 Å². The number of hydrogen-bond acceptors (Lipinski definition) is 4. The van der Waals surface area contributed by atoms with Gasteiger partial charge in [-0.05, 0) is 47.0 Å². The SMILES string of the molecule is CNCC1(CN2CCCC(N(C)C)C2)CCOC1. The zero-order valence-corrected chi connectivity index (χ0v) is 12.2. The lowest BCUT2D eigenvalue weighted by Gasteiger charge is -2.40. The van der Waals surface area contributed by atoms with Crippen LogP contribution in [0.2, 0.25) is 0 Å². The molecule has 18 heavy (non-hydrogen) atoms. The average Bonchev–Trinajstić information content (AvgIpc) is 2.78. The predicted molar refractivity (Wildman–Crippen MR) is 74.9 cm³/mol. The fraction of sp³-hybridized carbons (Fsp3) is 1.00. The summed E-state index contributed by atoms with van der Waals surface area (Å²) < 4.78 is 5.65. The second-order valence-corrected chi connectivity index (χ2v) is 6.33. The third kappa shape index (κ3) is 3.44. The Morgan fingerprint density at radius 2 is 2.28 bits per heavy atom. The summed E-state index contributed by atoms with van der Waals surface area (Å²) >= 11 is 0. The third-order valence-electron chi connectivity index (χ3n) is 4.51. The summed E-state index contributed by atoms with van der Waals surface area (Å²) in [4.78, 5) is 5.03. The lowest BCUT2D eigenvalue weighted by atomic mass is 9.85. The maximum absolute atomic E-state index is 5.65. The fourth-order valence-corrected chi connectivity index (χ4v) is 3.42. The summed E-state index contributed by atoms with van der Waals surface area (Å²) in [6.07, 6.45) is 3.88. The molecular weight excluding hydrogens is 226 g/mol. The van der Waals surface area contributed by atoms with Crippen LogP contribution < -0.4 is 5.32 Å². The molecule has 0 saturated carbocycles. The van der Waals surface area contributed by atoms with Crippen molar-refractivity contribution in [2.75, 3.05) is 60.5 Å². The molecule has 4 nitrogen and oxygen atoms in total. The Kier molecular flexibility index (Phi) is 5.01. The summed E-state index contributed by atoms with van der Waals surface area (Å²) in [5, 5.41) is 3.36. The number of rotatable bonds is 5. The van der Waals surface area contributed by atoms with Crippen LogP contribution in [0.3, 0.4) is 0 Å². The summed E-state index contributed by atoms with van der Waals surface area (Å²) in [7, 11) is 6.46. The molecule has 0 aromatic heterocycles. The third-order valence-corrected chi connectivity index (χ3v) is 4.51. The van der Waals surface area contributed by atoms with Gasteiger partial charge in [0.1, 0.15) is 0 Å². The normalized spacial score (nSPS) is 34.3. The smallest absolute Gasteiger partial charge is 0.0547 e. The maximum Gasteiger partial charge on any atom is 0.0547 e. The minimum atomic E-state index is 0.350. The molecule has 1 N–H and O–H groups in total. The fourth-order valence-electron chi connectivity index (χ4n) is 3.42. The van der Waals surface area contributed by atoms with E-state index >= 15 is 0 Å². The van der Waals surface area contributed by atoms with Crippen LogP contribution in [0.4, 0.5) is 0 Å². The Labute approximate surface area is 112 Å². The Morgan fingerprint density at radius 1 is 1.44 bits per heavy atom. The summed E-state index contributed by atoms with van der Waals surface area (Å²) in [6.45, 7) is 6.62. The number of nitrogens with zero attached hydrogens (tertiary/aromatic N) is 2. The summed E-state index contributed by atoms with van der Waals surface area (Å²) in [5.74, 6) is 0. The van der Waals surface area contributed by atoms with Crippen molar-refractivity contribution in [3.63, 3.8) is 0 Å². The van der Waals surface area contributed by atoms with E-state index in [1.807, 2.05) is 0 Å². The topological polar surface area (TPSA) is 27.7 Å². The number of likely N-dealkylation sites (N-methyl/N-ethyl adjacent to an activating group) is 1. The molecule has 0 aliphatic carbocycles. The molecule has 2 aliphatic rings. The number of nitrogens with one attached hydrogen (secondary N) is 1. The van der Waals surface area contributed by atoms with Gasteiger partial charge in [0.15, 0.2) is 0 Å². The molecule has 0 radical (unpaired) electrons. The van der Waals surface area contributed by atoms with Gasteiger partial charge in [-0.15, -0.1) is 0 Å². The molecule has 106 valence electrons. The first-order valence-electron chi connectivity index (χ1n) is 7.26. The number of piperidine rings is 1. The highest BCUT2D eigenvalue weighted by Crippen LogP contribution is 2.30. The minimum absolute atomic E-state index is 0.350. The van der Waals surface area contributed by atoms with Crippen LogP contribution in [0.15, 0.2) is 0 Å². The Morgan fingerprint density at radius 3 is 2.89 bits per heavy atom. The molecule has 0 aromatic rings. The van der Waals surface area contributed by atoms with E-state index in [1.165, 1.54) is 38.9 Å². The van der Waals surface area contributed by atoms with Crippen molar-refractivity contribution in [2.24, 2.45) is 5.41 Å². The van der Waals surface area contributed by atoms with E-state index in [4.69, 9.17) is 4.74 Å². The quantitative estimate of drug-likeness (QED) is 0.780. The second-order valence-electron chi connectivity index (χ2n) is 6.33. The van der Waals surface area contributed by atoms with E-state index in [9.17, 15) is 0 Å². The van der Waals surface area contributed by atoms with Crippen molar-refractivity contribution in [3.05, 3.63) is 0 Å². The Hall–Kier alpha value is -0.160. The van der Waals surface area contributed by atoms with Gasteiger partial charge < -0.3 is 19.9 Å². The maximum atomic E-state index is 5.65. The zero-order valence-electron chi connectivity index (χ0n) is 12.2. The molecule has 4 heteroatoms. The van der Waals surface area contributed by atoms with Gasteiger partial charge in [-0.3, -0.25) is 0 Å². The molecule has 0 spiro atoms. The largest absolute Gasteiger partial charge is 0.381 e. The molecule has 2 aliphatic heterocycles. The van der Waals surface area contributed by atoms with E-state index in [0.29, 0.717) is 5.41 Å². The molecule has 2 atom stereocenters. The van der Waals surface area contributed by atoms with Gasteiger partial charge in [-0.1, -0.05) is 0 Å². The van der Waals surface area contributed by atoms with Crippen molar-refractivity contribution in [3.8, 4) is 0 Å². The summed E-state index contributed by atoms with van der Waals surface area (Å²) in [6, 6.07) is 0.729. The lowest BCUT2D eigenvalue weighted by Crippen LogP contribution is -2.51. The molecule has 0 bridgehead atoms. The van der Waals surface area contributed by atoms with Gasteiger partial charge in [0.2, 0.25) is 0 Å². The van der Waals surface area contributed by atoms with E-state index in [1.54, 1.807) is 0 Å².